The van der Waals surface area contributed by atoms with Gasteiger partial charge in [-0.3, -0.25) is 5.11 Å². The van der Waals surface area contributed by atoms with E-state index in [9.17, 15) is 5.11 Å². The summed E-state index contributed by atoms with van der Waals surface area (Å²) in [5, 5.41) is 10.6. The fourth-order valence-corrected chi connectivity index (χ4v) is 0.864. The van der Waals surface area contributed by atoms with Crippen molar-refractivity contribution in [1.82, 2.24) is 0 Å². The third kappa shape index (κ3) is 1.45. The van der Waals surface area contributed by atoms with Gasteiger partial charge in [-0.25, -0.2) is 0 Å². The molecule has 0 amide bonds. The normalized spacial score (nSPS) is 9.56. The summed E-state index contributed by atoms with van der Waals surface area (Å²) in [5.41, 5.74) is 0.988. The molecule has 1 aromatic rings. The molecular formula is C7H6BrO. The molecule has 0 unspecified atom stereocenters. The zero-order valence-corrected chi connectivity index (χ0v) is 6.60. The van der Waals surface area contributed by atoms with Gasteiger partial charge in [-0.2, -0.15) is 0 Å². The number of hydrogen-bond acceptors (Lipinski definition) is 0. The molecule has 1 nitrogen and oxygen atoms in total. The van der Waals surface area contributed by atoms with E-state index in [4.69, 9.17) is 0 Å². The van der Waals surface area contributed by atoms with Gasteiger partial charge in [0.05, 0.1) is 0 Å². The summed E-state index contributed by atoms with van der Waals surface area (Å²) in [6, 6.07) is 4.90. The molecule has 9 heavy (non-hydrogen) atoms. The van der Waals surface area contributed by atoms with Crippen LogP contribution in [0.4, 0.5) is 0 Å². The summed E-state index contributed by atoms with van der Waals surface area (Å²) in [4.78, 5) is 0. The van der Waals surface area contributed by atoms with Crippen molar-refractivity contribution in [2.24, 2.45) is 0 Å². The summed E-state index contributed by atoms with van der Waals surface area (Å²) in [5.74, 6) is 0.0655. The Morgan fingerprint density at radius 3 is 2.56 bits per heavy atom. The van der Waals surface area contributed by atoms with Crippen LogP contribution in [0.15, 0.2) is 22.7 Å². The molecule has 0 saturated heterocycles. The molecule has 0 saturated carbocycles. The van der Waals surface area contributed by atoms with Crippen molar-refractivity contribution in [3.63, 3.8) is 0 Å². The quantitative estimate of drug-likeness (QED) is 0.593. The van der Waals surface area contributed by atoms with Gasteiger partial charge in [-0.15, -0.1) is 0 Å². The molecule has 0 aliphatic carbocycles. The lowest BCUT2D eigenvalue weighted by atomic mass is 10.2. The van der Waals surface area contributed by atoms with Crippen LogP contribution >= 0.6 is 15.9 Å². The van der Waals surface area contributed by atoms with Crippen molar-refractivity contribution < 1.29 is 5.11 Å². The highest BCUT2D eigenvalue weighted by Gasteiger charge is 1.94. The number of aryl methyl sites for hydroxylation is 1. The number of halogens is 1. The second-order valence-electron chi connectivity index (χ2n) is 1.91. The Kier molecular flexibility index (Phi) is 1.76. The van der Waals surface area contributed by atoms with E-state index in [2.05, 4.69) is 15.9 Å². The summed E-state index contributed by atoms with van der Waals surface area (Å²) in [6.07, 6.45) is 0. The Morgan fingerprint density at radius 2 is 2.11 bits per heavy atom. The van der Waals surface area contributed by atoms with Gasteiger partial charge < -0.3 is 0 Å². The molecule has 1 rings (SSSR count). The molecule has 2 heteroatoms. The minimum Gasteiger partial charge on any atom is -0.290 e. The Bertz CT molecular complexity index is 220. The average Bonchev–Trinajstić information content (AvgIpc) is 1.80. The van der Waals surface area contributed by atoms with Crippen LogP contribution < -0.4 is 0 Å². The Labute approximate surface area is 62.5 Å². The van der Waals surface area contributed by atoms with E-state index in [0.717, 1.165) is 10.0 Å². The van der Waals surface area contributed by atoms with E-state index in [1.807, 2.05) is 6.92 Å². The lowest BCUT2D eigenvalue weighted by Crippen LogP contribution is -1.71. The zero-order chi connectivity index (χ0) is 6.85. The molecule has 1 radical (unpaired) electrons. The lowest BCUT2D eigenvalue weighted by molar-refractivity contribution is 0.354. The van der Waals surface area contributed by atoms with Crippen LogP contribution in [-0.2, 0) is 5.11 Å². The van der Waals surface area contributed by atoms with Gasteiger partial charge >= 0.3 is 0 Å². The third-order valence-electron chi connectivity index (χ3n) is 1.13. The molecule has 0 spiro atoms. The third-order valence-corrected chi connectivity index (χ3v) is 2.02. The van der Waals surface area contributed by atoms with Crippen LogP contribution in [0.1, 0.15) is 5.56 Å². The highest BCUT2D eigenvalue weighted by atomic mass is 79.9. The topological polar surface area (TPSA) is 19.9 Å². The van der Waals surface area contributed by atoms with Crippen LogP contribution in [-0.4, -0.2) is 0 Å². The molecule has 0 aliphatic heterocycles. The monoisotopic (exact) mass is 185 g/mol. The average molecular weight is 186 g/mol. The van der Waals surface area contributed by atoms with E-state index < -0.39 is 0 Å². The first kappa shape index (κ1) is 6.62. The first-order chi connectivity index (χ1) is 4.20. The summed E-state index contributed by atoms with van der Waals surface area (Å²) >= 11 is 3.29. The smallest absolute Gasteiger partial charge is 0.178 e. The van der Waals surface area contributed by atoms with Gasteiger partial charge in [0.15, 0.2) is 5.75 Å². The van der Waals surface area contributed by atoms with E-state index in [1.165, 1.54) is 6.07 Å². The zero-order valence-electron chi connectivity index (χ0n) is 5.02. The molecule has 0 aliphatic rings. The second-order valence-corrected chi connectivity index (χ2v) is 2.77. The van der Waals surface area contributed by atoms with E-state index in [1.54, 1.807) is 12.1 Å². The molecule has 0 aromatic heterocycles. The minimum atomic E-state index is 0.0655. The first-order valence-electron chi connectivity index (χ1n) is 2.63. The number of benzene rings is 1. The highest BCUT2D eigenvalue weighted by molar-refractivity contribution is 9.10. The molecular weight excluding hydrogens is 180 g/mol. The van der Waals surface area contributed by atoms with Crippen LogP contribution in [0.2, 0.25) is 0 Å². The standard InChI is InChI=1S/C7H6BrO/c1-5-4-6(9)2-3-7(5)8/h2-4H,1H3. The van der Waals surface area contributed by atoms with Crippen LogP contribution in [0, 0.1) is 6.92 Å². The maximum absolute atomic E-state index is 10.6. The molecule has 0 N–H and O–H groups in total. The summed E-state index contributed by atoms with van der Waals surface area (Å²) < 4.78 is 0.988. The predicted octanol–water partition coefficient (Wildman–Crippen LogP) is 2.90. The van der Waals surface area contributed by atoms with Crippen LogP contribution in [0.3, 0.4) is 0 Å². The lowest BCUT2D eigenvalue weighted by Gasteiger charge is -1.93. The van der Waals surface area contributed by atoms with E-state index >= 15 is 0 Å². The largest absolute Gasteiger partial charge is 0.290 e. The second kappa shape index (κ2) is 2.40. The maximum atomic E-state index is 10.6. The first-order valence-corrected chi connectivity index (χ1v) is 3.42. The van der Waals surface area contributed by atoms with Crippen LogP contribution in [0.5, 0.6) is 5.75 Å². The fraction of sp³-hybridized carbons (Fsp3) is 0.143. The van der Waals surface area contributed by atoms with Gasteiger partial charge in [0.2, 0.25) is 0 Å². The van der Waals surface area contributed by atoms with E-state index in [0.29, 0.717) is 0 Å². The predicted molar refractivity (Wildman–Crippen MR) is 39.0 cm³/mol. The molecule has 0 heterocycles. The van der Waals surface area contributed by atoms with Crippen molar-refractivity contribution in [1.29, 1.82) is 0 Å². The van der Waals surface area contributed by atoms with Gasteiger partial charge in [-0.05, 0) is 30.7 Å². The van der Waals surface area contributed by atoms with Crippen molar-refractivity contribution in [3.05, 3.63) is 28.2 Å². The Morgan fingerprint density at radius 1 is 1.44 bits per heavy atom. The number of hydrogen-bond donors (Lipinski definition) is 0. The SMILES string of the molecule is Cc1cc([O])ccc1Br. The summed E-state index contributed by atoms with van der Waals surface area (Å²) in [6.45, 7) is 1.89. The molecule has 0 fully saturated rings. The van der Waals surface area contributed by atoms with Crippen LogP contribution in [0.25, 0.3) is 0 Å². The molecule has 0 bridgehead atoms. The van der Waals surface area contributed by atoms with Crippen molar-refractivity contribution >= 4 is 15.9 Å². The van der Waals surface area contributed by atoms with Crippen molar-refractivity contribution in [2.45, 2.75) is 6.92 Å². The van der Waals surface area contributed by atoms with Crippen molar-refractivity contribution in [3.8, 4) is 5.75 Å². The Balaban J connectivity index is 3.17. The van der Waals surface area contributed by atoms with E-state index in [-0.39, 0.29) is 5.75 Å². The van der Waals surface area contributed by atoms with Crippen molar-refractivity contribution in [2.75, 3.05) is 0 Å². The Hall–Kier alpha value is -0.500. The fourth-order valence-electron chi connectivity index (χ4n) is 0.617. The number of rotatable bonds is 0. The summed E-state index contributed by atoms with van der Waals surface area (Å²) in [7, 11) is 0. The minimum absolute atomic E-state index is 0.0655. The van der Waals surface area contributed by atoms with Gasteiger partial charge in [0.1, 0.15) is 0 Å². The van der Waals surface area contributed by atoms with Gasteiger partial charge in [0, 0.05) is 4.47 Å². The highest BCUT2D eigenvalue weighted by Crippen LogP contribution is 2.20. The molecule has 0 atom stereocenters. The molecule has 47 valence electrons. The maximum Gasteiger partial charge on any atom is 0.178 e. The van der Waals surface area contributed by atoms with Gasteiger partial charge in [-0.1, -0.05) is 15.9 Å². The van der Waals surface area contributed by atoms with Gasteiger partial charge in [0.25, 0.3) is 0 Å². The molecule has 1 aromatic carbocycles.